The van der Waals surface area contributed by atoms with Gasteiger partial charge < -0.3 is 4.74 Å². The van der Waals surface area contributed by atoms with Gasteiger partial charge in [-0.25, -0.2) is 0 Å². The second-order valence-electron chi connectivity index (χ2n) is 11.7. The van der Waals surface area contributed by atoms with Gasteiger partial charge in [-0.05, 0) is 66.3 Å². The minimum Gasteiger partial charge on any atom is -0.468 e. The first kappa shape index (κ1) is 29.1. The van der Waals surface area contributed by atoms with Gasteiger partial charge in [0, 0.05) is 5.69 Å². The Morgan fingerprint density at radius 2 is 1.20 bits per heavy atom. The molecule has 0 spiro atoms. The van der Waals surface area contributed by atoms with E-state index in [1.54, 1.807) is 4.90 Å². The van der Waals surface area contributed by atoms with E-state index in [1.807, 2.05) is 117 Å². The molecule has 0 aromatic heterocycles. The van der Waals surface area contributed by atoms with Crippen molar-refractivity contribution in [3.8, 4) is 0 Å². The standard InChI is InChI=1S/C39H36N2O3/c1-38(2)33-21-13-14-22-35(33)41(37(38)43)32-25-23-28(24-26-32)27-34(36(42)44-3)40-39(29-15-7-4-8-16-29,30-17-9-5-10-18-30)31-19-11-6-12-20-31/h4-26,34,40H,27H2,1-3H3/t34-/m0/s1. The van der Waals surface area contributed by atoms with Crippen molar-refractivity contribution in [3.05, 3.63) is 167 Å². The summed E-state index contributed by atoms with van der Waals surface area (Å²) < 4.78 is 5.36. The van der Waals surface area contributed by atoms with Gasteiger partial charge in [-0.15, -0.1) is 0 Å². The van der Waals surface area contributed by atoms with E-state index in [1.165, 1.54) is 7.11 Å². The lowest BCUT2D eigenvalue weighted by molar-refractivity contribution is -0.143. The van der Waals surface area contributed by atoms with Crippen molar-refractivity contribution >= 4 is 23.3 Å². The van der Waals surface area contributed by atoms with Gasteiger partial charge in [0.1, 0.15) is 6.04 Å². The largest absolute Gasteiger partial charge is 0.468 e. The van der Waals surface area contributed by atoms with E-state index < -0.39 is 17.0 Å². The third kappa shape index (κ3) is 5.10. The molecule has 5 aromatic carbocycles. The lowest BCUT2D eigenvalue weighted by Gasteiger charge is -2.39. The molecule has 0 fully saturated rings. The quantitative estimate of drug-likeness (QED) is 0.147. The molecule has 0 radical (unpaired) electrons. The number of anilines is 2. The molecule has 6 rings (SSSR count). The second-order valence-corrected chi connectivity index (χ2v) is 11.7. The van der Waals surface area contributed by atoms with Crippen LogP contribution >= 0.6 is 0 Å². The molecule has 0 aliphatic carbocycles. The van der Waals surface area contributed by atoms with Crippen molar-refractivity contribution < 1.29 is 14.3 Å². The molecular weight excluding hydrogens is 544 g/mol. The Morgan fingerprint density at radius 3 is 1.70 bits per heavy atom. The third-order valence-corrected chi connectivity index (χ3v) is 8.69. The van der Waals surface area contributed by atoms with E-state index >= 15 is 0 Å². The van der Waals surface area contributed by atoms with Crippen LogP contribution in [0.1, 0.15) is 41.7 Å². The molecule has 44 heavy (non-hydrogen) atoms. The number of carbonyl (C=O) groups excluding carboxylic acids is 2. The monoisotopic (exact) mass is 580 g/mol. The van der Waals surface area contributed by atoms with Crippen LogP contribution in [0.3, 0.4) is 0 Å². The van der Waals surface area contributed by atoms with Crippen LogP contribution in [0.15, 0.2) is 140 Å². The maximum absolute atomic E-state index is 13.5. The van der Waals surface area contributed by atoms with Crippen molar-refractivity contribution in [2.75, 3.05) is 12.0 Å². The molecular formula is C39H36N2O3. The van der Waals surface area contributed by atoms with E-state index in [9.17, 15) is 9.59 Å². The predicted molar refractivity (Wildman–Crippen MR) is 175 cm³/mol. The highest BCUT2D eigenvalue weighted by atomic mass is 16.5. The summed E-state index contributed by atoms with van der Waals surface area (Å²) in [6, 6.07) is 45.7. The molecule has 0 bridgehead atoms. The molecule has 0 saturated heterocycles. The Bertz CT molecular complexity index is 1650. The molecule has 1 aliphatic heterocycles. The fourth-order valence-corrected chi connectivity index (χ4v) is 6.39. The smallest absolute Gasteiger partial charge is 0.323 e. The van der Waals surface area contributed by atoms with Crippen LogP contribution in [0.5, 0.6) is 0 Å². The van der Waals surface area contributed by atoms with E-state index in [4.69, 9.17) is 4.74 Å². The van der Waals surface area contributed by atoms with Crippen LogP contribution in [-0.4, -0.2) is 25.0 Å². The lowest BCUT2D eigenvalue weighted by Crippen LogP contribution is -2.53. The van der Waals surface area contributed by atoms with E-state index in [0.29, 0.717) is 6.42 Å². The molecule has 220 valence electrons. The maximum Gasteiger partial charge on any atom is 0.323 e. The molecule has 0 saturated carbocycles. The number of ether oxygens (including phenoxy) is 1. The third-order valence-electron chi connectivity index (χ3n) is 8.69. The Kier molecular flexibility index (Phi) is 7.90. The Hall–Kier alpha value is -5.00. The van der Waals surface area contributed by atoms with Crippen molar-refractivity contribution in [2.24, 2.45) is 0 Å². The van der Waals surface area contributed by atoms with Crippen LogP contribution in [0.25, 0.3) is 0 Å². The number of amides is 1. The van der Waals surface area contributed by atoms with E-state index in [2.05, 4.69) is 41.7 Å². The van der Waals surface area contributed by atoms with Gasteiger partial charge in [0.05, 0.1) is 23.8 Å². The number of esters is 1. The van der Waals surface area contributed by atoms with Crippen molar-refractivity contribution in [3.63, 3.8) is 0 Å². The molecule has 1 aliphatic rings. The van der Waals surface area contributed by atoms with Crippen molar-refractivity contribution in [1.29, 1.82) is 0 Å². The van der Waals surface area contributed by atoms with Gasteiger partial charge >= 0.3 is 5.97 Å². The number of benzene rings is 5. The number of carbonyl (C=O) groups is 2. The number of para-hydroxylation sites is 1. The molecule has 1 amide bonds. The summed E-state index contributed by atoms with van der Waals surface area (Å²) >= 11 is 0. The predicted octanol–water partition coefficient (Wildman–Crippen LogP) is 7.31. The maximum atomic E-state index is 13.5. The normalized spacial score (nSPS) is 14.6. The van der Waals surface area contributed by atoms with E-state index in [0.717, 1.165) is 39.2 Å². The van der Waals surface area contributed by atoms with Crippen molar-refractivity contribution in [2.45, 2.75) is 37.3 Å². The highest BCUT2D eigenvalue weighted by molar-refractivity contribution is 6.12. The van der Waals surface area contributed by atoms with Crippen LogP contribution in [0, 0.1) is 0 Å². The number of hydrogen-bond acceptors (Lipinski definition) is 4. The van der Waals surface area contributed by atoms with Gasteiger partial charge in [0.15, 0.2) is 0 Å². The minimum atomic E-state index is -0.833. The fraction of sp³-hybridized carbons (Fsp3) is 0.179. The number of fused-ring (bicyclic) bond motifs is 1. The molecule has 1 heterocycles. The first-order valence-electron chi connectivity index (χ1n) is 14.9. The number of methoxy groups -OCH3 is 1. The summed E-state index contributed by atoms with van der Waals surface area (Å²) in [4.78, 5) is 28.8. The first-order valence-corrected chi connectivity index (χ1v) is 14.9. The summed E-state index contributed by atoms with van der Waals surface area (Å²) in [5, 5.41) is 3.78. The van der Waals surface area contributed by atoms with Gasteiger partial charge in [-0.3, -0.25) is 19.8 Å². The Balaban J connectivity index is 1.38. The average molecular weight is 581 g/mol. The fourth-order valence-electron chi connectivity index (χ4n) is 6.39. The summed E-state index contributed by atoms with van der Waals surface area (Å²) in [6.45, 7) is 3.93. The zero-order chi connectivity index (χ0) is 30.7. The second kappa shape index (κ2) is 11.9. The van der Waals surface area contributed by atoms with Crippen LogP contribution in [-0.2, 0) is 31.7 Å². The highest BCUT2D eigenvalue weighted by Crippen LogP contribution is 2.45. The Labute approximate surface area is 259 Å². The molecule has 5 heteroatoms. The van der Waals surface area contributed by atoms with Gasteiger partial charge in [-0.1, -0.05) is 121 Å². The first-order chi connectivity index (χ1) is 21.4. The van der Waals surface area contributed by atoms with E-state index in [-0.39, 0.29) is 11.9 Å². The number of hydrogen-bond donors (Lipinski definition) is 1. The average Bonchev–Trinajstić information content (AvgIpc) is 3.28. The zero-order valence-corrected chi connectivity index (χ0v) is 25.2. The molecule has 0 unspecified atom stereocenters. The number of nitrogens with one attached hydrogen (secondary N) is 1. The molecule has 5 aromatic rings. The summed E-state index contributed by atoms with van der Waals surface area (Å²) in [7, 11) is 1.42. The summed E-state index contributed by atoms with van der Waals surface area (Å²) in [6.07, 6.45) is 0.386. The minimum absolute atomic E-state index is 0.0407. The number of rotatable bonds is 9. The number of nitrogens with zero attached hydrogens (tertiary/aromatic N) is 1. The SMILES string of the molecule is COC(=O)[C@H](Cc1ccc(N2C(=O)C(C)(C)c3ccccc32)cc1)NC(c1ccccc1)(c1ccccc1)c1ccccc1. The molecule has 1 N–H and O–H groups in total. The molecule has 5 nitrogen and oxygen atoms in total. The summed E-state index contributed by atoms with van der Waals surface area (Å²) in [5.41, 5.74) is 5.25. The zero-order valence-electron chi connectivity index (χ0n) is 25.2. The van der Waals surface area contributed by atoms with Gasteiger partial charge in [0.25, 0.3) is 0 Å². The van der Waals surface area contributed by atoms with Gasteiger partial charge in [-0.2, -0.15) is 0 Å². The lowest BCUT2D eigenvalue weighted by atomic mass is 9.76. The van der Waals surface area contributed by atoms with Crippen molar-refractivity contribution in [1.82, 2.24) is 5.32 Å². The van der Waals surface area contributed by atoms with Crippen LogP contribution < -0.4 is 10.2 Å². The van der Waals surface area contributed by atoms with Crippen LogP contribution in [0.2, 0.25) is 0 Å². The molecule has 1 atom stereocenters. The highest BCUT2D eigenvalue weighted by Gasteiger charge is 2.44. The van der Waals surface area contributed by atoms with Gasteiger partial charge in [0.2, 0.25) is 5.91 Å². The topological polar surface area (TPSA) is 58.6 Å². The summed E-state index contributed by atoms with van der Waals surface area (Å²) in [5.74, 6) is -0.314. The Morgan fingerprint density at radius 1 is 0.727 bits per heavy atom. The van der Waals surface area contributed by atoms with Crippen LogP contribution in [0.4, 0.5) is 11.4 Å².